The second-order valence-corrected chi connectivity index (χ2v) is 9.00. The second kappa shape index (κ2) is 6.68. The highest BCUT2D eigenvalue weighted by Crippen LogP contribution is 2.23. The summed E-state index contributed by atoms with van der Waals surface area (Å²) < 4.78 is 23.1. The molecule has 0 bridgehead atoms. The number of hydrogen-bond acceptors (Lipinski definition) is 6. The number of benzene rings is 1. The van der Waals surface area contributed by atoms with E-state index in [1.807, 2.05) is 12.1 Å². The minimum Gasteiger partial charge on any atom is -0.352 e. The molecule has 1 atom stereocenters. The quantitative estimate of drug-likeness (QED) is 0.863. The smallest absolute Gasteiger partial charge is 0.270 e. The number of fused-ring (bicyclic) bond motifs is 1. The zero-order valence-electron chi connectivity index (χ0n) is 14.3. The Labute approximate surface area is 152 Å². The van der Waals surface area contributed by atoms with E-state index in [-0.39, 0.29) is 29.1 Å². The van der Waals surface area contributed by atoms with E-state index in [0.717, 1.165) is 19.5 Å². The van der Waals surface area contributed by atoms with Gasteiger partial charge >= 0.3 is 0 Å². The molecular formula is C18H20N4O3S. The summed E-state index contributed by atoms with van der Waals surface area (Å²) in [6.45, 7) is 1.57. The molecule has 2 aromatic rings. The number of anilines is 1. The molecule has 0 spiro atoms. The number of carbonyl (C=O) groups is 1. The van der Waals surface area contributed by atoms with Gasteiger partial charge in [0.1, 0.15) is 17.8 Å². The first-order chi connectivity index (χ1) is 12.5. The molecule has 1 aromatic carbocycles. The predicted molar refractivity (Wildman–Crippen MR) is 97.8 cm³/mol. The predicted octanol–water partition coefficient (Wildman–Crippen LogP) is 0.956. The lowest BCUT2D eigenvalue weighted by Crippen LogP contribution is -2.36. The third kappa shape index (κ3) is 3.55. The Morgan fingerprint density at radius 2 is 2.00 bits per heavy atom. The summed E-state index contributed by atoms with van der Waals surface area (Å²) in [4.78, 5) is 22.9. The van der Waals surface area contributed by atoms with Crippen LogP contribution >= 0.6 is 0 Å². The first kappa shape index (κ1) is 17.0. The molecule has 1 fully saturated rings. The van der Waals surface area contributed by atoms with Gasteiger partial charge in [0.2, 0.25) is 0 Å². The van der Waals surface area contributed by atoms with Crippen molar-refractivity contribution in [1.29, 1.82) is 0 Å². The monoisotopic (exact) mass is 372 g/mol. The van der Waals surface area contributed by atoms with Crippen molar-refractivity contribution in [2.24, 2.45) is 0 Å². The normalized spacial score (nSPS) is 21.2. The average Bonchev–Trinajstić information content (AvgIpc) is 2.99. The standard InChI is InChI=1S/C18H20N4O3S/c23-18(21-15-6-8-26(24,25)11-15)16-9-17(20-12-19-16)22-7-5-13-3-1-2-4-14(13)10-22/h1-4,9,12,15H,5-8,10-11H2,(H,21,23). The summed E-state index contributed by atoms with van der Waals surface area (Å²) in [7, 11) is -3.03. The molecule has 1 saturated heterocycles. The van der Waals surface area contributed by atoms with Crippen LogP contribution in [0.1, 0.15) is 28.0 Å². The maximum absolute atomic E-state index is 12.4. The maximum Gasteiger partial charge on any atom is 0.270 e. The molecule has 2 aliphatic rings. The van der Waals surface area contributed by atoms with Crippen LogP contribution in [-0.4, -0.2) is 48.4 Å². The van der Waals surface area contributed by atoms with Gasteiger partial charge in [-0.1, -0.05) is 24.3 Å². The number of aromatic nitrogens is 2. The fourth-order valence-electron chi connectivity index (χ4n) is 3.50. The van der Waals surface area contributed by atoms with Crippen molar-refractivity contribution in [3.05, 3.63) is 53.5 Å². The molecule has 1 N–H and O–H groups in total. The Balaban J connectivity index is 1.48. The third-order valence-corrected chi connectivity index (χ3v) is 6.68. The molecule has 1 amide bonds. The highest BCUT2D eigenvalue weighted by molar-refractivity contribution is 7.91. The molecule has 1 unspecified atom stereocenters. The van der Waals surface area contributed by atoms with E-state index in [0.29, 0.717) is 12.2 Å². The summed E-state index contributed by atoms with van der Waals surface area (Å²) in [5.41, 5.74) is 2.87. The molecule has 8 heteroatoms. The summed E-state index contributed by atoms with van der Waals surface area (Å²) in [5.74, 6) is 0.478. The molecule has 0 aliphatic carbocycles. The largest absolute Gasteiger partial charge is 0.352 e. The Kier molecular flexibility index (Phi) is 4.36. The van der Waals surface area contributed by atoms with Crippen molar-refractivity contribution < 1.29 is 13.2 Å². The van der Waals surface area contributed by atoms with Crippen LogP contribution in [0.3, 0.4) is 0 Å². The Hall–Kier alpha value is -2.48. The van der Waals surface area contributed by atoms with Crippen LogP contribution in [0.5, 0.6) is 0 Å². The van der Waals surface area contributed by atoms with Crippen LogP contribution in [0.2, 0.25) is 0 Å². The maximum atomic E-state index is 12.4. The van der Waals surface area contributed by atoms with Gasteiger partial charge in [-0.2, -0.15) is 0 Å². The van der Waals surface area contributed by atoms with Crippen LogP contribution < -0.4 is 10.2 Å². The lowest BCUT2D eigenvalue weighted by atomic mass is 10.00. The Bertz CT molecular complexity index is 945. The van der Waals surface area contributed by atoms with Gasteiger partial charge in [-0.3, -0.25) is 4.79 Å². The highest BCUT2D eigenvalue weighted by atomic mass is 32.2. The van der Waals surface area contributed by atoms with E-state index in [1.165, 1.54) is 17.5 Å². The van der Waals surface area contributed by atoms with E-state index in [1.54, 1.807) is 6.07 Å². The summed E-state index contributed by atoms with van der Waals surface area (Å²) >= 11 is 0. The van der Waals surface area contributed by atoms with Gasteiger partial charge in [0, 0.05) is 25.2 Å². The van der Waals surface area contributed by atoms with Gasteiger partial charge in [0.05, 0.1) is 11.5 Å². The average molecular weight is 372 g/mol. The van der Waals surface area contributed by atoms with Crippen LogP contribution in [-0.2, 0) is 22.8 Å². The molecule has 0 radical (unpaired) electrons. The van der Waals surface area contributed by atoms with Crippen molar-refractivity contribution in [1.82, 2.24) is 15.3 Å². The SMILES string of the molecule is O=C(NC1CCS(=O)(=O)C1)c1cc(N2CCc3ccccc3C2)ncn1. The molecule has 3 heterocycles. The van der Waals surface area contributed by atoms with E-state index >= 15 is 0 Å². The third-order valence-electron chi connectivity index (χ3n) is 4.91. The summed E-state index contributed by atoms with van der Waals surface area (Å²) in [5, 5.41) is 2.77. The molecule has 2 aliphatic heterocycles. The van der Waals surface area contributed by atoms with Crippen molar-refractivity contribution >= 4 is 21.6 Å². The van der Waals surface area contributed by atoms with Crippen molar-refractivity contribution in [3.8, 4) is 0 Å². The van der Waals surface area contributed by atoms with Gasteiger partial charge in [0.15, 0.2) is 9.84 Å². The van der Waals surface area contributed by atoms with Crippen LogP contribution in [0.4, 0.5) is 5.82 Å². The fourth-order valence-corrected chi connectivity index (χ4v) is 5.18. The molecular weight excluding hydrogens is 352 g/mol. The number of amides is 1. The summed E-state index contributed by atoms with van der Waals surface area (Å²) in [6.07, 6.45) is 2.77. The molecule has 26 heavy (non-hydrogen) atoms. The molecule has 7 nitrogen and oxygen atoms in total. The lowest BCUT2D eigenvalue weighted by molar-refractivity contribution is 0.0936. The minimum atomic E-state index is -3.03. The van der Waals surface area contributed by atoms with Crippen molar-refractivity contribution in [2.75, 3.05) is 23.0 Å². The Morgan fingerprint density at radius 3 is 2.77 bits per heavy atom. The van der Waals surface area contributed by atoms with E-state index in [9.17, 15) is 13.2 Å². The van der Waals surface area contributed by atoms with E-state index < -0.39 is 9.84 Å². The number of sulfone groups is 1. The topological polar surface area (TPSA) is 92.3 Å². The van der Waals surface area contributed by atoms with Gasteiger partial charge in [-0.15, -0.1) is 0 Å². The number of rotatable bonds is 3. The van der Waals surface area contributed by atoms with Gasteiger partial charge < -0.3 is 10.2 Å². The van der Waals surface area contributed by atoms with Crippen LogP contribution in [0.15, 0.2) is 36.7 Å². The zero-order valence-corrected chi connectivity index (χ0v) is 15.1. The molecule has 1 aromatic heterocycles. The number of carbonyl (C=O) groups excluding carboxylic acids is 1. The first-order valence-corrected chi connectivity index (χ1v) is 10.5. The molecule has 0 saturated carbocycles. The number of hydrogen-bond donors (Lipinski definition) is 1. The molecule has 136 valence electrons. The zero-order chi connectivity index (χ0) is 18.1. The van der Waals surface area contributed by atoms with Gasteiger partial charge in [-0.25, -0.2) is 18.4 Å². The Morgan fingerprint density at radius 1 is 1.19 bits per heavy atom. The fraction of sp³-hybridized carbons (Fsp3) is 0.389. The first-order valence-electron chi connectivity index (χ1n) is 8.65. The minimum absolute atomic E-state index is 0.000407. The van der Waals surface area contributed by atoms with Gasteiger partial charge in [0.25, 0.3) is 5.91 Å². The van der Waals surface area contributed by atoms with E-state index in [2.05, 4.69) is 32.3 Å². The van der Waals surface area contributed by atoms with E-state index in [4.69, 9.17) is 0 Å². The van der Waals surface area contributed by atoms with Crippen LogP contribution in [0.25, 0.3) is 0 Å². The lowest BCUT2D eigenvalue weighted by Gasteiger charge is -2.29. The second-order valence-electron chi connectivity index (χ2n) is 6.78. The highest BCUT2D eigenvalue weighted by Gasteiger charge is 2.29. The van der Waals surface area contributed by atoms with Gasteiger partial charge in [-0.05, 0) is 24.0 Å². The number of nitrogens with zero attached hydrogens (tertiary/aromatic N) is 3. The summed E-state index contributed by atoms with van der Waals surface area (Å²) in [6, 6.07) is 9.65. The van der Waals surface area contributed by atoms with Crippen molar-refractivity contribution in [2.45, 2.75) is 25.4 Å². The molecule has 4 rings (SSSR count). The number of nitrogens with one attached hydrogen (secondary N) is 1. The van der Waals surface area contributed by atoms with Crippen molar-refractivity contribution in [3.63, 3.8) is 0 Å². The van der Waals surface area contributed by atoms with Crippen LogP contribution in [0, 0.1) is 0 Å².